The van der Waals surface area contributed by atoms with Crippen molar-refractivity contribution >= 4 is 46.2 Å². The molecule has 9 nitrogen and oxygen atoms in total. The number of aromatic amines is 1. The van der Waals surface area contributed by atoms with Gasteiger partial charge >= 0.3 is 6.18 Å². The third-order valence-corrected chi connectivity index (χ3v) is 7.68. The van der Waals surface area contributed by atoms with Crippen molar-refractivity contribution in [2.75, 3.05) is 16.0 Å². The van der Waals surface area contributed by atoms with Crippen LogP contribution in [0.25, 0.3) is 17.3 Å². The average molecular weight is 626 g/mol. The molecule has 2 aromatic heterocycles. The monoisotopic (exact) mass is 625 g/mol. The van der Waals surface area contributed by atoms with Crippen molar-refractivity contribution in [1.82, 2.24) is 19.5 Å². The molecule has 0 bridgehead atoms. The topological polar surface area (TPSA) is 117 Å². The lowest BCUT2D eigenvalue weighted by molar-refractivity contribution is -0.137. The molecule has 3 heterocycles. The van der Waals surface area contributed by atoms with Gasteiger partial charge in [-0.15, -0.1) is 0 Å². The lowest BCUT2D eigenvalue weighted by Crippen LogP contribution is -2.15. The summed E-state index contributed by atoms with van der Waals surface area (Å²) in [6.07, 6.45) is 0.862. The molecule has 0 aliphatic carbocycles. The van der Waals surface area contributed by atoms with Crippen LogP contribution in [0, 0.1) is 20.8 Å². The second-order valence-corrected chi connectivity index (χ2v) is 11.1. The molecule has 12 heteroatoms. The van der Waals surface area contributed by atoms with Gasteiger partial charge in [0.15, 0.2) is 0 Å². The van der Waals surface area contributed by atoms with E-state index in [1.165, 1.54) is 17.0 Å². The van der Waals surface area contributed by atoms with Gasteiger partial charge in [-0.3, -0.25) is 9.59 Å². The first-order valence-corrected chi connectivity index (χ1v) is 14.5. The summed E-state index contributed by atoms with van der Waals surface area (Å²) in [5, 5.41) is 8.94. The third-order valence-electron chi connectivity index (χ3n) is 7.68. The Labute approximate surface area is 262 Å². The quantitative estimate of drug-likeness (QED) is 0.139. The summed E-state index contributed by atoms with van der Waals surface area (Å²) in [7, 11) is 0. The van der Waals surface area contributed by atoms with Crippen LogP contribution in [0.15, 0.2) is 67.1 Å². The van der Waals surface area contributed by atoms with Crippen LogP contribution >= 0.6 is 0 Å². The van der Waals surface area contributed by atoms with E-state index in [0.29, 0.717) is 39.7 Å². The highest BCUT2D eigenvalue weighted by molar-refractivity contribution is 6.35. The number of anilines is 4. The third kappa shape index (κ3) is 6.14. The van der Waals surface area contributed by atoms with Crippen molar-refractivity contribution in [2.45, 2.75) is 40.3 Å². The number of aromatic nitrogens is 4. The molecule has 0 saturated heterocycles. The number of carbonyl (C=O) groups excluding carboxylic acids is 2. The minimum absolute atomic E-state index is 0.152. The first kappa shape index (κ1) is 30.4. The average Bonchev–Trinajstić information content (AvgIpc) is 3.70. The van der Waals surface area contributed by atoms with Crippen LogP contribution in [0.4, 0.5) is 35.9 Å². The first-order chi connectivity index (χ1) is 21.9. The molecule has 0 unspecified atom stereocenters. The number of alkyl halides is 3. The minimum atomic E-state index is -4.65. The molecule has 0 atom stereocenters. The molecule has 1 aliphatic heterocycles. The van der Waals surface area contributed by atoms with Crippen LogP contribution < -0.4 is 16.0 Å². The van der Waals surface area contributed by atoms with Gasteiger partial charge < -0.3 is 25.5 Å². The summed E-state index contributed by atoms with van der Waals surface area (Å²) in [6, 6.07) is 13.9. The zero-order valence-electron chi connectivity index (χ0n) is 25.4. The molecule has 5 aromatic rings. The van der Waals surface area contributed by atoms with Gasteiger partial charge in [0.1, 0.15) is 5.82 Å². The second-order valence-electron chi connectivity index (χ2n) is 11.1. The molecule has 2 amide bonds. The molecule has 0 radical (unpaired) electrons. The Kier molecular flexibility index (Phi) is 7.72. The van der Waals surface area contributed by atoms with Crippen LogP contribution in [0.3, 0.4) is 0 Å². The molecular formula is C34H30F3N7O2. The number of H-pyrrole nitrogens is 1. The smallest absolute Gasteiger partial charge is 0.355 e. The van der Waals surface area contributed by atoms with E-state index < -0.39 is 17.6 Å². The Bertz CT molecular complexity index is 2040. The standard InChI is InChI=1S/C34H30F3N7O2/c1-5-31-39-20(4)29(42-31)15-27-26-9-8-23(14-30(26)43-33(27)46)40-28-13-24(7-6-18(28)2)41-32(45)21-10-22(34(35,36)37)12-25(11-21)44-16-19(3)38-17-44/h6-17,40H,5H2,1-4H3,(H,39,42)(H,41,45)(H,43,46)/b27-15-. The Morgan fingerprint density at radius 2 is 1.80 bits per heavy atom. The number of carbonyl (C=O) groups is 2. The molecule has 6 rings (SSSR count). The number of aryl methyl sites for hydroxylation is 4. The summed E-state index contributed by atoms with van der Waals surface area (Å²) in [6.45, 7) is 7.52. The highest BCUT2D eigenvalue weighted by Crippen LogP contribution is 2.37. The predicted octanol–water partition coefficient (Wildman–Crippen LogP) is 7.59. The molecule has 0 saturated carbocycles. The lowest BCUT2D eigenvalue weighted by Gasteiger charge is -2.15. The van der Waals surface area contributed by atoms with Crippen LogP contribution in [-0.4, -0.2) is 31.3 Å². The SMILES string of the molecule is CCc1nc(/C=C2\C(=O)Nc3cc(Nc4cc(NC(=O)c5cc(-n6cnc(C)c6)cc(C(F)(F)F)c5)ccc4C)ccc32)c(C)[nH]1. The van der Waals surface area contributed by atoms with Crippen LogP contribution in [0.5, 0.6) is 0 Å². The predicted molar refractivity (Wildman–Crippen MR) is 171 cm³/mol. The summed E-state index contributed by atoms with van der Waals surface area (Å²) in [5.74, 6) is -0.0772. The lowest BCUT2D eigenvalue weighted by atomic mass is 10.0. The Balaban J connectivity index is 1.23. The molecule has 4 N–H and O–H groups in total. The van der Waals surface area contributed by atoms with Crippen molar-refractivity contribution in [1.29, 1.82) is 0 Å². The molecule has 3 aromatic carbocycles. The van der Waals surface area contributed by atoms with E-state index >= 15 is 0 Å². The number of hydrogen-bond donors (Lipinski definition) is 4. The number of amides is 2. The maximum atomic E-state index is 13.7. The van der Waals surface area contributed by atoms with Gasteiger partial charge in [0, 0.05) is 52.2 Å². The normalized spacial score (nSPS) is 13.5. The van der Waals surface area contributed by atoms with Crippen molar-refractivity contribution in [2.24, 2.45) is 0 Å². The number of halogens is 3. The molecule has 1 aliphatic rings. The van der Waals surface area contributed by atoms with Gasteiger partial charge in [-0.1, -0.05) is 19.1 Å². The highest BCUT2D eigenvalue weighted by atomic mass is 19.4. The number of benzene rings is 3. The Morgan fingerprint density at radius 1 is 1.02 bits per heavy atom. The molecule has 0 fully saturated rings. The number of imidazole rings is 2. The van der Waals surface area contributed by atoms with Crippen LogP contribution in [0.1, 0.15) is 56.9 Å². The van der Waals surface area contributed by atoms with Gasteiger partial charge in [-0.05, 0) is 74.9 Å². The Hall–Kier alpha value is -5.65. The molecular weight excluding hydrogens is 595 g/mol. The number of fused-ring (bicyclic) bond motifs is 1. The van der Waals surface area contributed by atoms with Crippen molar-refractivity contribution in [3.8, 4) is 5.69 Å². The van der Waals surface area contributed by atoms with Gasteiger partial charge in [-0.2, -0.15) is 13.2 Å². The van der Waals surface area contributed by atoms with Crippen molar-refractivity contribution in [3.05, 3.63) is 112 Å². The molecule has 234 valence electrons. The zero-order valence-corrected chi connectivity index (χ0v) is 25.4. The minimum Gasteiger partial charge on any atom is -0.355 e. The largest absolute Gasteiger partial charge is 0.416 e. The fourth-order valence-corrected chi connectivity index (χ4v) is 5.21. The maximum Gasteiger partial charge on any atom is 0.416 e. The first-order valence-electron chi connectivity index (χ1n) is 14.5. The summed E-state index contributed by atoms with van der Waals surface area (Å²) >= 11 is 0. The van der Waals surface area contributed by atoms with Crippen LogP contribution in [0.2, 0.25) is 0 Å². The van der Waals surface area contributed by atoms with E-state index in [-0.39, 0.29) is 17.2 Å². The number of nitrogens with one attached hydrogen (secondary N) is 4. The van der Waals surface area contributed by atoms with E-state index in [1.54, 1.807) is 37.4 Å². The second kappa shape index (κ2) is 11.7. The van der Waals surface area contributed by atoms with E-state index in [1.807, 2.05) is 39.0 Å². The van der Waals surface area contributed by atoms with Crippen molar-refractivity contribution < 1.29 is 22.8 Å². The van der Waals surface area contributed by atoms with Gasteiger partial charge in [0.25, 0.3) is 11.8 Å². The van der Waals surface area contributed by atoms with E-state index in [9.17, 15) is 22.8 Å². The zero-order chi connectivity index (χ0) is 32.7. The summed E-state index contributed by atoms with van der Waals surface area (Å²) in [5.41, 5.74) is 5.79. The highest BCUT2D eigenvalue weighted by Gasteiger charge is 2.32. The maximum absolute atomic E-state index is 13.7. The number of rotatable bonds is 7. The number of hydrogen-bond acceptors (Lipinski definition) is 5. The Morgan fingerprint density at radius 3 is 2.50 bits per heavy atom. The van der Waals surface area contributed by atoms with E-state index in [0.717, 1.165) is 41.2 Å². The molecule has 46 heavy (non-hydrogen) atoms. The van der Waals surface area contributed by atoms with E-state index in [2.05, 4.69) is 30.9 Å². The van der Waals surface area contributed by atoms with Gasteiger partial charge in [0.2, 0.25) is 0 Å². The molecule has 0 spiro atoms. The van der Waals surface area contributed by atoms with Crippen LogP contribution in [-0.2, 0) is 17.4 Å². The van der Waals surface area contributed by atoms with Gasteiger partial charge in [0.05, 0.1) is 34.5 Å². The fraction of sp³-hybridized carbons (Fsp3) is 0.176. The van der Waals surface area contributed by atoms with E-state index in [4.69, 9.17) is 0 Å². The van der Waals surface area contributed by atoms with Crippen molar-refractivity contribution in [3.63, 3.8) is 0 Å². The number of nitrogens with zero attached hydrogens (tertiary/aromatic N) is 3. The summed E-state index contributed by atoms with van der Waals surface area (Å²) in [4.78, 5) is 37.9. The summed E-state index contributed by atoms with van der Waals surface area (Å²) < 4.78 is 42.6. The fourth-order valence-electron chi connectivity index (χ4n) is 5.21. The van der Waals surface area contributed by atoms with Gasteiger partial charge in [-0.25, -0.2) is 9.97 Å².